The minimum absolute atomic E-state index is 0.104. The Balaban J connectivity index is 2.55. The van der Waals surface area contributed by atoms with Gasteiger partial charge in [-0.2, -0.15) is 0 Å². The third kappa shape index (κ3) is 0.808. The molecule has 0 bridgehead atoms. The van der Waals surface area contributed by atoms with Crippen molar-refractivity contribution in [3.63, 3.8) is 0 Å². The monoisotopic (exact) mass is 147 g/mol. The highest BCUT2D eigenvalue weighted by Gasteiger charge is 2.24. The molecule has 55 valence electrons. The molecule has 1 aliphatic heterocycles. The quantitative estimate of drug-likeness (QED) is 0.532. The van der Waals surface area contributed by atoms with Crippen molar-refractivity contribution in [1.29, 1.82) is 0 Å². The Morgan fingerprint density at radius 1 is 1.73 bits per heavy atom. The van der Waals surface area contributed by atoms with Gasteiger partial charge in [0.2, 0.25) is 5.91 Å². The van der Waals surface area contributed by atoms with Crippen LogP contribution < -0.4 is 4.90 Å². The summed E-state index contributed by atoms with van der Waals surface area (Å²) in [6.45, 7) is 0. The summed E-state index contributed by atoms with van der Waals surface area (Å²) in [7, 11) is 1.74. The molecule has 3 heteroatoms. The van der Waals surface area contributed by atoms with Crippen molar-refractivity contribution in [3.05, 3.63) is 23.9 Å². The molecule has 1 aromatic heterocycles. The average molecular weight is 147 g/mol. The highest BCUT2D eigenvalue weighted by molar-refractivity contribution is 5.99. The maximum atomic E-state index is 11.1. The lowest BCUT2D eigenvalue weighted by molar-refractivity contribution is -0.117. The summed E-state index contributed by atoms with van der Waals surface area (Å²) in [5.41, 5.74) is 0.972. The van der Waals surface area contributed by atoms with Crippen LogP contribution >= 0.6 is 0 Å². The number of rotatable bonds is 0. The minimum Gasteiger partial charge on any atom is -0.299 e. The predicted octanol–water partition coefficient (Wildman–Crippen LogP) is 0.401. The first-order chi connectivity index (χ1) is 5.29. The summed E-state index contributed by atoms with van der Waals surface area (Å²) in [6.07, 6.45) is 2.05. The fourth-order valence-electron chi connectivity index (χ4n) is 1.22. The summed E-state index contributed by atoms with van der Waals surface area (Å²) in [5.74, 6) is 0.876. The molecule has 0 unspecified atom stereocenters. The molecule has 0 aliphatic carbocycles. The van der Waals surface area contributed by atoms with Crippen molar-refractivity contribution in [1.82, 2.24) is 4.98 Å². The molecule has 2 heterocycles. The Labute approximate surface area is 64.7 Å². The van der Waals surface area contributed by atoms with E-state index in [4.69, 9.17) is 0 Å². The third-order valence-electron chi connectivity index (χ3n) is 1.84. The van der Waals surface area contributed by atoms with E-state index in [-0.39, 0.29) is 5.91 Å². The number of pyridine rings is 1. The summed E-state index contributed by atoms with van der Waals surface area (Å²) in [4.78, 5) is 16.7. The number of amides is 1. The van der Waals surface area contributed by atoms with Crippen molar-refractivity contribution in [2.75, 3.05) is 11.9 Å². The zero-order valence-electron chi connectivity index (χ0n) is 6.16. The van der Waals surface area contributed by atoms with Gasteiger partial charge in [0.05, 0.1) is 6.42 Å². The highest BCUT2D eigenvalue weighted by Crippen LogP contribution is 2.23. The Morgan fingerprint density at radius 2 is 2.55 bits per heavy atom. The Kier molecular flexibility index (Phi) is 1.18. The van der Waals surface area contributed by atoms with E-state index in [0.717, 1.165) is 11.4 Å². The number of nitrogens with zero attached hydrogens (tertiary/aromatic N) is 2. The predicted molar refractivity (Wildman–Crippen MR) is 40.2 cm³/mol. The second-order valence-electron chi connectivity index (χ2n) is 2.55. The van der Waals surface area contributed by atoms with Crippen molar-refractivity contribution in [2.24, 2.45) is 0 Å². The van der Waals surface area contributed by atoms with Crippen molar-refractivity contribution >= 4 is 11.7 Å². The number of carbonyl (C=O) groups is 1. The molecular weight excluding hydrogens is 140 g/mol. The molecule has 0 N–H and O–H groups in total. The van der Waals surface area contributed by atoms with Gasteiger partial charge in [0.25, 0.3) is 0 Å². The van der Waals surface area contributed by atoms with Gasteiger partial charge in [0.1, 0.15) is 5.82 Å². The van der Waals surface area contributed by atoms with Crippen LogP contribution in [0, 0.1) is 6.07 Å². The largest absolute Gasteiger partial charge is 0.299 e. The Bertz CT molecular complexity index is 309. The first-order valence-corrected chi connectivity index (χ1v) is 3.40. The summed E-state index contributed by atoms with van der Waals surface area (Å²) < 4.78 is 0. The van der Waals surface area contributed by atoms with E-state index < -0.39 is 0 Å². The fourth-order valence-corrected chi connectivity index (χ4v) is 1.22. The van der Waals surface area contributed by atoms with E-state index >= 15 is 0 Å². The van der Waals surface area contributed by atoms with E-state index in [0.29, 0.717) is 6.42 Å². The van der Waals surface area contributed by atoms with Crippen molar-refractivity contribution in [3.8, 4) is 0 Å². The molecule has 3 nitrogen and oxygen atoms in total. The van der Waals surface area contributed by atoms with Gasteiger partial charge >= 0.3 is 0 Å². The molecule has 0 spiro atoms. The molecule has 0 atom stereocenters. The first kappa shape index (κ1) is 6.34. The normalized spacial score (nSPS) is 15.4. The standard InChI is InChI=1S/C8H7N2O/c1-10-7(11)5-6-3-2-4-9-8(6)10/h3-4H,5H2,1H3. The van der Waals surface area contributed by atoms with E-state index in [9.17, 15) is 4.79 Å². The zero-order chi connectivity index (χ0) is 7.84. The smallest absolute Gasteiger partial charge is 0.232 e. The molecular formula is C8H7N2O. The molecule has 1 aromatic rings. The fraction of sp³-hybridized carbons (Fsp3) is 0.250. The van der Waals surface area contributed by atoms with Crippen LogP contribution in [0.4, 0.5) is 5.82 Å². The van der Waals surface area contributed by atoms with E-state index in [1.165, 1.54) is 0 Å². The van der Waals surface area contributed by atoms with Gasteiger partial charge in [-0.1, -0.05) is 0 Å². The van der Waals surface area contributed by atoms with Gasteiger partial charge in [-0.05, 0) is 6.07 Å². The van der Waals surface area contributed by atoms with Gasteiger partial charge in [-0.3, -0.25) is 9.69 Å². The molecule has 2 rings (SSSR count). The van der Waals surface area contributed by atoms with Crippen LogP contribution in [0.2, 0.25) is 0 Å². The third-order valence-corrected chi connectivity index (χ3v) is 1.84. The van der Waals surface area contributed by atoms with Crippen LogP contribution in [-0.2, 0) is 11.2 Å². The second-order valence-corrected chi connectivity index (χ2v) is 2.55. The molecule has 1 amide bonds. The lowest BCUT2D eigenvalue weighted by atomic mass is 10.2. The van der Waals surface area contributed by atoms with Gasteiger partial charge in [-0.25, -0.2) is 4.98 Å². The van der Waals surface area contributed by atoms with Gasteiger partial charge < -0.3 is 0 Å². The van der Waals surface area contributed by atoms with Gasteiger partial charge in [0, 0.05) is 24.9 Å². The SMILES string of the molecule is CN1C(=O)Cc2c[c]cnc21. The molecule has 0 saturated carbocycles. The summed E-state index contributed by atoms with van der Waals surface area (Å²) in [6, 6.07) is 4.65. The highest BCUT2D eigenvalue weighted by atomic mass is 16.2. The Hall–Kier alpha value is -1.38. The minimum atomic E-state index is 0.104. The van der Waals surface area contributed by atoms with Crippen molar-refractivity contribution < 1.29 is 4.79 Å². The summed E-state index contributed by atoms with van der Waals surface area (Å²) >= 11 is 0. The number of carbonyl (C=O) groups excluding carboxylic acids is 1. The number of hydrogen-bond donors (Lipinski definition) is 0. The second kappa shape index (κ2) is 2.05. The van der Waals surface area contributed by atoms with Crippen LogP contribution in [0.15, 0.2) is 12.3 Å². The van der Waals surface area contributed by atoms with E-state index in [1.54, 1.807) is 18.1 Å². The van der Waals surface area contributed by atoms with Crippen LogP contribution in [0.3, 0.4) is 0 Å². The molecule has 1 aliphatic rings. The maximum Gasteiger partial charge on any atom is 0.232 e. The van der Waals surface area contributed by atoms with E-state index in [2.05, 4.69) is 11.1 Å². The number of likely N-dealkylation sites (N-methyl/N-ethyl adjacent to an activating group) is 1. The zero-order valence-corrected chi connectivity index (χ0v) is 6.16. The molecule has 0 aromatic carbocycles. The molecule has 1 radical (unpaired) electrons. The number of aromatic nitrogens is 1. The molecule has 0 saturated heterocycles. The topological polar surface area (TPSA) is 33.2 Å². The Morgan fingerprint density at radius 3 is 3.27 bits per heavy atom. The lowest BCUT2D eigenvalue weighted by Gasteiger charge is -2.06. The van der Waals surface area contributed by atoms with E-state index in [1.807, 2.05) is 6.07 Å². The summed E-state index contributed by atoms with van der Waals surface area (Å²) in [5, 5.41) is 0. The molecule has 0 fully saturated rings. The lowest BCUT2D eigenvalue weighted by Crippen LogP contribution is -2.21. The van der Waals surface area contributed by atoms with Gasteiger partial charge in [-0.15, -0.1) is 0 Å². The number of fused-ring (bicyclic) bond motifs is 1. The van der Waals surface area contributed by atoms with Crippen LogP contribution in [-0.4, -0.2) is 17.9 Å². The van der Waals surface area contributed by atoms with Crippen molar-refractivity contribution in [2.45, 2.75) is 6.42 Å². The van der Waals surface area contributed by atoms with Crippen LogP contribution in [0.25, 0.3) is 0 Å². The number of hydrogen-bond acceptors (Lipinski definition) is 2. The van der Waals surface area contributed by atoms with Crippen LogP contribution in [0.5, 0.6) is 0 Å². The maximum absolute atomic E-state index is 11.1. The molecule has 11 heavy (non-hydrogen) atoms. The number of anilines is 1. The average Bonchev–Trinajstić information content (AvgIpc) is 2.30. The first-order valence-electron chi connectivity index (χ1n) is 3.40. The van der Waals surface area contributed by atoms with Crippen LogP contribution in [0.1, 0.15) is 5.56 Å². The van der Waals surface area contributed by atoms with Gasteiger partial charge in [0.15, 0.2) is 0 Å².